The lowest BCUT2D eigenvalue weighted by molar-refractivity contribution is -0.137. The zero-order valence-corrected chi connectivity index (χ0v) is 16.8. The van der Waals surface area contributed by atoms with Crippen LogP contribution in [0, 0.1) is 11.8 Å². The molecule has 1 N–H and O–H groups in total. The second-order valence-corrected chi connectivity index (χ2v) is 8.21. The summed E-state index contributed by atoms with van der Waals surface area (Å²) < 4.78 is 64.4. The van der Waals surface area contributed by atoms with E-state index in [-0.39, 0.29) is 17.3 Å². The van der Waals surface area contributed by atoms with Gasteiger partial charge in [-0.3, -0.25) is 0 Å². The molecule has 0 bridgehead atoms. The van der Waals surface area contributed by atoms with Crippen molar-refractivity contribution in [3.63, 3.8) is 0 Å². The van der Waals surface area contributed by atoms with Gasteiger partial charge >= 0.3 is 6.18 Å². The van der Waals surface area contributed by atoms with E-state index < -0.39 is 21.8 Å². The number of nitrogens with zero attached hydrogens (tertiary/aromatic N) is 3. The van der Waals surface area contributed by atoms with E-state index in [0.717, 1.165) is 43.7 Å². The molecular weight excluding hydrogens is 405 g/mol. The van der Waals surface area contributed by atoms with Gasteiger partial charge in [0.25, 0.3) is 0 Å². The van der Waals surface area contributed by atoms with Crippen molar-refractivity contribution in [1.29, 1.82) is 0 Å². The minimum absolute atomic E-state index is 0.195. The number of unbranched alkanes of at least 4 members (excludes halogenated alkanes) is 1. The molecule has 6 nitrogen and oxygen atoms in total. The van der Waals surface area contributed by atoms with Crippen LogP contribution in [0.5, 0.6) is 0 Å². The quantitative estimate of drug-likeness (QED) is 0.544. The lowest BCUT2D eigenvalue weighted by atomic mass is 10.2. The molecule has 0 saturated heterocycles. The number of alkyl halides is 3. The van der Waals surface area contributed by atoms with Gasteiger partial charge in [-0.1, -0.05) is 11.8 Å². The van der Waals surface area contributed by atoms with Crippen LogP contribution in [0.3, 0.4) is 0 Å². The Morgan fingerprint density at radius 3 is 2.28 bits per heavy atom. The van der Waals surface area contributed by atoms with Gasteiger partial charge in [-0.15, -0.1) is 0 Å². The van der Waals surface area contributed by atoms with Crippen LogP contribution in [0.25, 0.3) is 0 Å². The summed E-state index contributed by atoms with van der Waals surface area (Å²) in [6.07, 6.45) is 0.152. The van der Waals surface area contributed by atoms with Crippen LogP contribution >= 0.6 is 0 Å². The van der Waals surface area contributed by atoms with E-state index in [0.29, 0.717) is 5.56 Å². The predicted octanol–water partition coefficient (Wildman–Crippen LogP) is 2.67. The van der Waals surface area contributed by atoms with Gasteiger partial charge in [0.2, 0.25) is 10.0 Å². The lowest BCUT2D eigenvalue weighted by Gasteiger charge is -2.09. The van der Waals surface area contributed by atoms with E-state index in [2.05, 4.69) is 31.4 Å². The molecule has 0 spiro atoms. The molecule has 0 aliphatic carbocycles. The van der Waals surface area contributed by atoms with E-state index >= 15 is 0 Å². The van der Waals surface area contributed by atoms with Gasteiger partial charge in [-0.05, 0) is 51.3 Å². The van der Waals surface area contributed by atoms with Crippen LogP contribution in [0.15, 0.2) is 41.6 Å². The van der Waals surface area contributed by atoms with Crippen molar-refractivity contribution in [3.05, 3.63) is 53.6 Å². The van der Waals surface area contributed by atoms with Gasteiger partial charge in [0.1, 0.15) is 5.82 Å². The third-order valence-corrected chi connectivity index (χ3v) is 5.17. The Labute approximate surface area is 168 Å². The molecule has 0 unspecified atom stereocenters. The molecule has 1 aromatic heterocycles. The highest BCUT2D eigenvalue weighted by Gasteiger charge is 2.30. The summed E-state index contributed by atoms with van der Waals surface area (Å²) in [5.74, 6) is 6.18. The third-order valence-electron chi connectivity index (χ3n) is 3.76. The lowest BCUT2D eigenvalue weighted by Crippen LogP contribution is -2.24. The number of nitrogens with one attached hydrogen (secondary N) is 1. The number of sulfonamides is 1. The fourth-order valence-electron chi connectivity index (χ4n) is 2.22. The van der Waals surface area contributed by atoms with Crippen molar-refractivity contribution in [2.24, 2.45) is 0 Å². The summed E-state index contributed by atoms with van der Waals surface area (Å²) in [5, 5.41) is 0. The Bertz CT molecular complexity index is 962. The van der Waals surface area contributed by atoms with E-state index in [9.17, 15) is 21.6 Å². The first-order valence-corrected chi connectivity index (χ1v) is 10.2. The summed E-state index contributed by atoms with van der Waals surface area (Å²) in [6, 6.07) is 3.25. The third kappa shape index (κ3) is 7.45. The van der Waals surface area contributed by atoms with Crippen LogP contribution in [-0.2, 0) is 22.7 Å². The predicted molar refractivity (Wildman–Crippen MR) is 102 cm³/mol. The summed E-state index contributed by atoms with van der Waals surface area (Å²) in [5.41, 5.74) is -0.303. The normalized spacial score (nSPS) is 11.9. The number of aromatic nitrogens is 2. The summed E-state index contributed by atoms with van der Waals surface area (Å²) in [7, 11) is -0.00401. The molecule has 10 heteroatoms. The minimum Gasteiger partial charge on any atom is -0.309 e. The average Bonchev–Trinajstić information content (AvgIpc) is 2.66. The smallest absolute Gasteiger partial charge is 0.309 e. The summed E-state index contributed by atoms with van der Waals surface area (Å²) >= 11 is 0. The van der Waals surface area contributed by atoms with E-state index in [1.165, 1.54) is 12.4 Å². The van der Waals surface area contributed by atoms with Gasteiger partial charge in [0.15, 0.2) is 0 Å². The highest BCUT2D eigenvalue weighted by Crippen LogP contribution is 2.29. The number of hydrogen-bond acceptors (Lipinski definition) is 5. The first-order valence-electron chi connectivity index (χ1n) is 8.69. The monoisotopic (exact) mass is 426 g/mol. The van der Waals surface area contributed by atoms with Crippen molar-refractivity contribution in [1.82, 2.24) is 19.6 Å². The zero-order valence-electron chi connectivity index (χ0n) is 16.0. The van der Waals surface area contributed by atoms with Gasteiger partial charge < -0.3 is 4.90 Å². The number of halogens is 3. The first kappa shape index (κ1) is 22.8. The van der Waals surface area contributed by atoms with Crippen molar-refractivity contribution in [2.45, 2.75) is 30.5 Å². The molecule has 156 valence electrons. The Morgan fingerprint density at radius 1 is 1.10 bits per heavy atom. The topological polar surface area (TPSA) is 75.2 Å². The van der Waals surface area contributed by atoms with Crippen LogP contribution in [-0.4, -0.2) is 43.9 Å². The Morgan fingerprint density at radius 2 is 1.72 bits per heavy atom. The van der Waals surface area contributed by atoms with Crippen LogP contribution in [0.1, 0.15) is 29.8 Å². The minimum atomic E-state index is -4.53. The molecule has 0 saturated carbocycles. The summed E-state index contributed by atoms with van der Waals surface area (Å²) in [6.45, 7) is 0.753. The molecule has 0 aliphatic rings. The maximum atomic E-state index is 12.6. The maximum absolute atomic E-state index is 12.6. The van der Waals surface area contributed by atoms with E-state index in [1.54, 1.807) is 0 Å². The number of hydrogen-bond donors (Lipinski definition) is 1. The van der Waals surface area contributed by atoms with Crippen LogP contribution in [0.2, 0.25) is 0 Å². The SMILES string of the molecule is CN(C)CCCC#Cc1cnc(CNS(=O)(=O)c2ccc(C(F)(F)F)cc2)nc1. The second kappa shape index (κ2) is 9.82. The summed E-state index contributed by atoms with van der Waals surface area (Å²) in [4.78, 5) is 9.91. The van der Waals surface area contributed by atoms with E-state index in [4.69, 9.17) is 0 Å². The van der Waals surface area contributed by atoms with Gasteiger partial charge in [-0.2, -0.15) is 13.2 Å². The Hall–Kier alpha value is -2.48. The largest absolute Gasteiger partial charge is 0.416 e. The van der Waals surface area contributed by atoms with Crippen LogP contribution in [0.4, 0.5) is 13.2 Å². The highest BCUT2D eigenvalue weighted by atomic mass is 32.2. The fraction of sp³-hybridized carbons (Fsp3) is 0.368. The average molecular weight is 426 g/mol. The molecule has 0 amide bonds. The van der Waals surface area contributed by atoms with Crippen molar-refractivity contribution in [3.8, 4) is 11.8 Å². The maximum Gasteiger partial charge on any atom is 0.416 e. The van der Waals surface area contributed by atoms with Crippen LogP contribution < -0.4 is 4.72 Å². The van der Waals surface area contributed by atoms with Crippen molar-refractivity contribution in [2.75, 3.05) is 20.6 Å². The van der Waals surface area contributed by atoms with Gasteiger partial charge in [0, 0.05) is 18.8 Å². The van der Waals surface area contributed by atoms with Crippen molar-refractivity contribution >= 4 is 10.0 Å². The molecule has 0 aliphatic heterocycles. The zero-order chi connectivity index (χ0) is 21.5. The Balaban J connectivity index is 1.93. The molecule has 2 aromatic rings. The second-order valence-electron chi connectivity index (χ2n) is 6.44. The Kier molecular flexibility index (Phi) is 7.73. The molecule has 0 fully saturated rings. The number of benzene rings is 1. The molecule has 1 aromatic carbocycles. The molecule has 2 rings (SSSR count). The van der Waals surface area contributed by atoms with Gasteiger partial charge in [-0.25, -0.2) is 23.1 Å². The molecule has 0 atom stereocenters. The van der Waals surface area contributed by atoms with Gasteiger partial charge in [0.05, 0.1) is 22.6 Å². The molecular formula is C19H21F3N4O2S. The highest BCUT2D eigenvalue weighted by molar-refractivity contribution is 7.89. The standard InChI is InChI=1S/C19H21F3N4O2S/c1-26(2)11-5-3-4-6-15-12-23-18(24-13-15)14-25-29(27,28)17-9-7-16(8-10-17)19(20,21)22/h7-10,12-13,25H,3,5,11,14H2,1-2H3. The molecule has 0 radical (unpaired) electrons. The molecule has 29 heavy (non-hydrogen) atoms. The van der Waals surface area contributed by atoms with E-state index in [1.807, 2.05) is 14.1 Å². The van der Waals surface area contributed by atoms with Crippen molar-refractivity contribution < 1.29 is 21.6 Å². The molecule has 1 heterocycles. The first-order chi connectivity index (χ1) is 13.6. The number of rotatable bonds is 7. The fourth-order valence-corrected chi connectivity index (χ4v) is 3.20.